The van der Waals surface area contributed by atoms with E-state index in [1.165, 1.54) is 16.3 Å². The van der Waals surface area contributed by atoms with E-state index < -0.39 is 39.8 Å². The number of anilines is 3. The molecule has 1 fully saturated rings. The predicted molar refractivity (Wildman–Crippen MR) is 212 cm³/mol. The lowest BCUT2D eigenvalue weighted by Gasteiger charge is -2.31. The van der Waals surface area contributed by atoms with Crippen LogP contribution in [0.2, 0.25) is 0 Å². The van der Waals surface area contributed by atoms with Crippen molar-refractivity contribution in [3.63, 3.8) is 0 Å². The number of H-pyrrole nitrogens is 1. The Morgan fingerprint density at radius 2 is 1.75 bits per heavy atom. The van der Waals surface area contributed by atoms with Gasteiger partial charge in [-0.3, -0.25) is 14.4 Å². The Morgan fingerprint density at radius 3 is 2.44 bits per heavy atom. The molecule has 294 valence electrons. The van der Waals surface area contributed by atoms with Crippen molar-refractivity contribution in [1.82, 2.24) is 9.88 Å². The van der Waals surface area contributed by atoms with Gasteiger partial charge in [-0.25, -0.2) is 22.8 Å². The largest absolute Gasteiger partial charge is 0.467 e. The normalized spacial score (nSPS) is 15.1. The minimum atomic E-state index is -3.56. The summed E-state index contributed by atoms with van der Waals surface area (Å²) in [7, 11) is -0.683. The average molecular weight is 776 g/mol. The highest BCUT2D eigenvalue weighted by Gasteiger charge is 2.29. The molecule has 2 atom stereocenters. The molecular formula is C40H49N5O9S. The molecule has 55 heavy (non-hydrogen) atoms. The van der Waals surface area contributed by atoms with Crippen molar-refractivity contribution in [2.75, 3.05) is 48.0 Å². The number of carbonyl (C=O) groups is 3. The van der Waals surface area contributed by atoms with Crippen LogP contribution < -0.4 is 20.5 Å². The zero-order valence-corrected chi connectivity index (χ0v) is 33.0. The number of ether oxygens (including phenoxy) is 3. The SMILES string of the molecule is COC(=O)C(Nc1ccc2cc[nH]c(=O)c2c1)c1ccc([C@@H](C)COC(=O)Nc2ccc(N3CCCCS3(=O)=O)c(CN(C)C(=O)OC(C)(C)C)c2)c(C)c1. The molecule has 4 aromatic rings. The highest BCUT2D eigenvalue weighted by Crippen LogP contribution is 2.32. The number of benzene rings is 3. The molecule has 0 radical (unpaired) electrons. The number of carbonyl (C=O) groups excluding carboxylic acids is 3. The number of aryl methyl sites for hydroxylation is 1. The first-order valence-electron chi connectivity index (χ1n) is 18.0. The van der Waals surface area contributed by atoms with Gasteiger partial charge >= 0.3 is 18.2 Å². The second-order valence-electron chi connectivity index (χ2n) is 14.7. The zero-order chi connectivity index (χ0) is 40.1. The lowest BCUT2D eigenvalue weighted by atomic mass is 9.93. The van der Waals surface area contributed by atoms with E-state index in [-0.39, 0.29) is 30.4 Å². The number of hydrogen-bond acceptors (Lipinski definition) is 10. The number of sulfonamides is 1. The maximum absolute atomic E-state index is 13.0. The van der Waals surface area contributed by atoms with Crippen LogP contribution in [0.3, 0.4) is 0 Å². The zero-order valence-electron chi connectivity index (χ0n) is 32.2. The van der Waals surface area contributed by atoms with Crippen LogP contribution >= 0.6 is 0 Å². The molecule has 1 aliphatic rings. The van der Waals surface area contributed by atoms with E-state index in [0.29, 0.717) is 53.0 Å². The minimum absolute atomic E-state index is 0.0262. The van der Waals surface area contributed by atoms with E-state index >= 15 is 0 Å². The highest BCUT2D eigenvalue weighted by atomic mass is 32.2. The fraction of sp³-hybridized carbons (Fsp3) is 0.400. The molecule has 1 unspecified atom stereocenters. The third kappa shape index (κ3) is 10.1. The second kappa shape index (κ2) is 16.8. The molecule has 0 aliphatic carbocycles. The summed E-state index contributed by atoms with van der Waals surface area (Å²) < 4.78 is 43.6. The van der Waals surface area contributed by atoms with Gasteiger partial charge in [0.15, 0.2) is 6.04 Å². The van der Waals surface area contributed by atoms with Gasteiger partial charge in [-0.1, -0.05) is 31.2 Å². The summed E-state index contributed by atoms with van der Waals surface area (Å²) in [5, 5.41) is 7.18. The Hall–Kier alpha value is -5.57. The van der Waals surface area contributed by atoms with Gasteiger partial charge in [0.1, 0.15) is 5.60 Å². The van der Waals surface area contributed by atoms with Crippen LogP contribution in [0.15, 0.2) is 71.7 Å². The molecule has 2 heterocycles. The van der Waals surface area contributed by atoms with Crippen molar-refractivity contribution < 1.29 is 37.0 Å². The maximum atomic E-state index is 13.0. The number of aromatic nitrogens is 1. The fourth-order valence-electron chi connectivity index (χ4n) is 6.46. The van der Waals surface area contributed by atoms with Crippen LogP contribution in [0.1, 0.15) is 74.8 Å². The first kappa shape index (κ1) is 40.6. The first-order valence-corrected chi connectivity index (χ1v) is 19.6. The molecule has 0 saturated carbocycles. The van der Waals surface area contributed by atoms with Crippen molar-refractivity contribution in [1.29, 1.82) is 0 Å². The van der Waals surface area contributed by atoms with Gasteiger partial charge in [-0.15, -0.1) is 0 Å². The summed E-state index contributed by atoms with van der Waals surface area (Å²) in [5.41, 5.74) is 3.32. The Kier molecular flexibility index (Phi) is 12.4. The number of nitrogens with zero attached hydrogens (tertiary/aromatic N) is 2. The van der Waals surface area contributed by atoms with Crippen LogP contribution in [-0.4, -0.2) is 75.1 Å². The van der Waals surface area contributed by atoms with E-state index in [9.17, 15) is 27.6 Å². The van der Waals surface area contributed by atoms with Crippen LogP contribution in [0.5, 0.6) is 0 Å². The molecule has 1 aliphatic heterocycles. The van der Waals surface area contributed by atoms with E-state index in [2.05, 4.69) is 15.6 Å². The fourth-order valence-corrected chi connectivity index (χ4v) is 8.14. The van der Waals surface area contributed by atoms with Gasteiger partial charge in [0.05, 0.1) is 31.7 Å². The molecule has 2 amide bonds. The standard InChI is InChI=1S/C40H49N5O9S/c1-25-20-28(35(37(47)52-7)42-31-12-10-27-16-17-41-36(46)33(27)22-31)11-14-32(25)26(2)24-53-38(48)43-30-13-15-34(45-18-8-9-19-55(45,50)51)29(21-30)23-44(6)39(49)54-40(3,4)5/h10-17,20-22,26,35,42H,8-9,18-19,23-24H2,1-7H3,(H,41,46)(H,43,48)/t26-,35?/m0/s1. The molecule has 0 spiro atoms. The van der Waals surface area contributed by atoms with Crippen LogP contribution in [0.4, 0.5) is 26.7 Å². The highest BCUT2D eigenvalue weighted by molar-refractivity contribution is 7.92. The molecule has 0 bridgehead atoms. The third-order valence-electron chi connectivity index (χ3n) is 9.20. The van der Waals surface area contributed by atoms with Gasteiger partial charge in [-0.2, -0.15) is 0 Å². The summed E-state index contributed by atoms with van der Waals surface area (Å²) >= 11 is 0. The van der Waals surface area contributed by atoms with E-state index in [1.54, 1.807) is 82.5 Å². The number of pyridine rings is 1. The summed E-state index contributed by atoms with van der Waals surface area (Å²) in [6, 6.07) is 16.6. The van der Waals surface area contributed by atoms with Gasteiger partial charge in [0, 0.05) is 42.5 Å². The van der Waals surface area contributed by atoms with Crippen LogP contribution in [0.25, 0.3) is 10.8 Å². The van der Waals surface area contributed by atoms with Crippen molar-refractivity contribution >= 4 is 56.0 Å². The molecule has 15 heteroatoms. The average Bonchev–Trinajstić information content (AvgIpc) is 3.12. The lowest BCUT2D eigenvalue weighted by molar-refractivity contribution is -0.141. The quantitative estimate of drug-likeness (QED) is 0.108. The number of methoxy groups -OCH3 is 1. The molecule has 14 nitrogen and oxygen atoms in total. The number of hydrogen-bond donors (Lipinski definition) is 3. The first-order chi connectivity index (χ1) is 26.0. The summed E-state index contributed by atoms with van der Waals surface area (Å²) in [4.78, 5) is 55.1. The van der Waals surface area contributed by atoms with Crippen LogP contribution in [0, 0.1) is 6.92 Å². The van der Waals surface area contributed by atoms with Crippen molar-refractivity contribution in [2.24, 2.45) is 0 Å². The predicted octanol–water partition coefficient (Wildman–Crippen LogP) is 6.81. The van der Waals surface area contributed by atoms with Gasteiger partial charge < -0.3 is 29.4 Å². The molecule has 1 saturated heterocycles. The Morgan fingerprint density at radius 1 is 1.00 bits per heavy atom. The van der Waals surface area contributed by atoms with Gasteiger partial charge in [0.25, 0.3) is 5.56 Å². The Labute approximate surface area is 321 Å². The van der Waals surface area contributed by atoms with Crippen molar-refractivity contribution in [2.45, 2.75) is 71.6 Å². The second-order valence-corrected chi connectivity index (χ2v) is 16.7. The maximum Gasteiger partial charge on any atom is 0.411 e. The Bertz CT molecular complexity index is 2230. The van der Waals surface area contributed by atoms with Crippen LogP contribution in [-0.2, 0) is 35.6 Å². The van der Waals surface area contributed by atoms with E-state index in [1.807, 2.05) is 26.0 Å². The van der Waals surface area contributed by atoms with E-state index in [4.69, 9.17) is 14.2 Å². The van der Waals surface area contributed by atoms with E-state index in [0.717, 1.165) is 16.5 Å². The number of fused-ring (bicyclic) bond motifs is 1. The summed E-state index contributed by atoms with van der Waals surface area (Å²) in [5.74, 6) is -0.702. The molecular weight excluding hydrogens is 727 g/mol. The summed E-state index contributed by atoms with van der Waals surface area (Å²) in [6.07, 6.45) is 1.56. The van der Waals surface area contributed by atoms with Gasteiger partial charge in [0.2, 0.25) is 10.0 Å². The van der Waals surface area contributed by atoms with Crippen molar-refractivity contribution in [3.05, 3.63) is 99.5 Å². The van der Waals surface area contributed by atoms with Crippen molar-refractivity contribution in [3.8, 4) is 0 Å². The number of aromatic amines is 1. The summed E-state index contributed by atoms with van der Waals surface area (Å²) in [6.45, 7) is 9.47. The molecule has 5 rings (SSSR count). The topological polar surface area (TPSA) is 176 Å². The number of rotatable bonds is 11. The number of esters is 1. The smallest absolute Gasteiger partial charge is 0.411 e. The molecule has 3 aromatic carbocycles. The minimum Gasteiger partial charge on any atom is -0.467 e. The lowest BCUT2D eigenvalue weighted by Crippen LogP contribution is -2.39. The monoisotopic (exact) mass is 775 g/mol. The number of nitrogens with one attached hydrogen (secondary N) is 3. The third-order valence-corrected chi connectivity index (χ3v) is 11.1. The van der Waals surface area contributed by atoms with Gasteiger partial charge in [-0.05, 0) is 105 Å². The molecule has 3 N–H and O–H groups in total. The number of amides is 2. The Balaban J connectivity index is 1.27. The molecule has 1 aromatic heterocycles.